The molecule has 1 aliphatic heterocycles. The van der Waals surface area contributed by atoms with Gasteiger partial charge in [-0.15, -0.1) is 11.3 Å². The largest absolute Gasteiger partial charge is 0.477 e. The molecule has 3 amide bonds. The summed E-state index contributed by atoms with van der Waals surface area (Å²) in [5.74, 6) is -1.84. The zero-order valence-corrected chi connectivity index (χ0v) is 31.9. The van der Waals surface area contributed by atoms with Gasteiger partial charge in [0.2, 0.25) is 11.8 Å². The number of ether oxygens (including phenoxy) is 1. The van der Waals surface area contributed by atoms with Crippen LogP contribution in [0.4, 0.5) is 0 Å². The Hall–Kier alpha value is -4.46. The van der Waals surface area contributed by atoms with E-state index in [2.05, 4.69) is 20.9 Å². The van der Waals surface area contributed by atoms with Crippen LogP contribution in [0.3, 0.4) is 0 Å². The summed E-state index contributed by atoms with van der Waals surface area (Å²) in [6.07, 6.45) is 3.70. The van der Waals surface area contributed by atoms with Gasteiger partial charge >= 0.3 is 5.97 Å². The SMILES string of the molecule is O=C(NC1(C(=O)N[C@H](Cc2ccccc2)C(=O)NCCCN2CCOCC2)CCCC1)c1cc2cc(Cl)ccc2o1.O=C(O)c1cc2cc(Cl)ccc2s1. The zero-order chi connectivity index (χ0) is 38.1. The first-order valence-corrected chi connectivity index (χ1v) is 19.5. The summed E-state index contributed by atoms with van der Waals surface area (Å²) in [5.41, 5.74) is 0.351. The lowest BCUT2D eigenvalue weighted by atomic mass is 9.94. The topological polar surface area (TPSA) is 150 Å². The van der Waals surface area contributed by atoms with Crippen molar-refractivity contribution >= 4 is 79.3 Å². The molecule has 2 fully saturated rings. The lowest BCUT2D eigenvalue weighted by Gasteiger charge is -2.31. The number of amides is 3. The monoisotopic (exact) mass is 792 g/mol. The minimum atomic E-state index is -1.13. The molecule has 3 heterocycles. The Balaban J connectivity index is 0.000000321. The van der Waals surface area contributed by atoms with Crippen molar-refractivity contribution in [3.05, 3.63) is 105 Å². The molecule has 1 saturated carbocycles. The van der Waals surface area contributed by atoms with E-state index in [1.807, 2.05) is 36.4 Å². The number of aromatic carboxylic acids is 1. The summed E-state index contributed by atoms with van der Waals surface area (Å²) in [6, 6.07) is 22.6. The Morgan fingerprint density at radius 1 is 0.889 bits per heavy atom. The van der Waals surface area contributed by atoms with Crippen LogP contribution in [-0.2, 0) is 20.7 Å². The molecule has 0 unspecified atom stereocenters. The maximum absolute atomic E-state index is 13.8. The molecule has 2 aliphatic rings. The first-order chi connectivity index (χ1) is 26.1. The van der Waals surface area contributed by atoms with Crippen molar-refractivity contribution in [3.8, 4) is 0 Å². The van der Waals surface area contributed by atoms with E-state index in [0.717, 1.165) is 67.8 Å². The van der Waals surface area contributed by atoms with E-state index in [-0.39, 0.29) is 17.6 Å². The van der Waals surface area contributed by atoms with Crippen LogP contribution in [0.25, 0.3) is 21.1 Å². The van der Waals surface area contributed by atoms with E-state index in [1.165, 1.54) is 11.3 Å². The molecule has 4 N–H and O–H groups in total. The molecule has 3 aromatic carbocycles. The van der Waals surface area contributed by atoms with E-state index in [9.17, 15) is 19.2 Å². The number of carbonyl (C=O) groups excluding carboxylic acids is 3. The fourth-order valence-electron chi connectivity index (χ4n) is 6.73. The van der Waals surface area contributed by atoms with Gasteiger partial charge in [0.25, 0.3) is 5.91 Å². The number of carbonyl (C=O) groups is 4. The van der Waals surface area contributed by atoms with Gasteiger partial charge < -0.3 is 30.2 Å². The highest BCUT2D eigenvalue weighted by Crippen LogP contribution is 2.32. The number of hydrogen-bond acceptors (Lipinski definition) is 8. The Bertz CT molecular complexity index is 2090. The van der Waals surface area contributed by atoms with E-state index in [1.54, 1.807) is 42.5 Å². The highest BCUT2D eigenvalue weighted by molar-refractivity contribution is 7.20. The van der Waals surface area contributed by atoms with Gasteiger partial charge in [0.15, 0.2) is 5.76 Å². The van der Waals surface area contributed by atoms with Crippen LogP contribution in [0.2, 0.25) is 10.0 Å². The van der Waals surface area contributed by atoms with E-state index in [0.29, 0.717) is 51.7 Å². The second kappa shape index (κ2) is 18.2. The maximum atomic E-state index is 13.8. The van der Waals surface area contributed by atoms with Gasteiger partial charge in [0.05, 0.1) is 13.2 Å². The molecule has 1 aliphatic carbocycles. The van der Waals surface area contributed by atoms with Crippen molar-refractivity contribution in [1.82, 2.24) is 20.9 Å². The molecule has 11 nitrogen and oxygen atoms in total. The van der Waals surface area contributed by atoms with Gasteiger partial charge in [-0.1, -0.05) is 66.4 Å². The van der Waals surface area contributed by atoms with Gasteiger partial charge in [-0.3, -0.25) is 19.3 Å². The number of nitrogens with zero attached hydrogens (tertiary/aromatic N) is 1. The number of rotatable bonds is 12. The van der Waals surface area contributed by atoms with E-state index >= 15 is 0 Å². The Kier molecular flexibility index (Phi) is 13.3. The molecule has 2 aromatic heterocycles. The Morgan fingerprint density at radius 2 is 1.59 bits per heavy atom. The molecule has 0 spiro atoms. The van der Waals surface area contributed by atoms with Crippen LogP contribution in [0.15, 0.2) is 83.3 Å². The van der Waals surface area contributed by atoms with Crippen molar-refractivity contribution < 1.29 is 33.4 Å². The first-order valence-electron chi connectivity index (χ1n) is 18.0. The number of nitrogens with one attached hydrogen (secondary N) is 3. The molecule has 1 atom stereocenters. The van der Waals surface area contributed by atoms with Crippen molar-refractivity contribution in [2.75, 3.05) is 39.4 Å². The first kappa shape index (κ1) is 39.2. The lowest BCUT2D eigenvalue weighted by Crippen LogP contribution is -2.61. The average Bonchev–Trinajstić information content (AvgIpc) is 3.93. The minimum absolute atomic E-state index is 0.111. The third-order valence-electron chi connectivity index (χ3n) is 9.59. The lowest BCUT2D eigenvalue weighted by molar-refractivity contribution is -0.132. The van der Waals surface area contributed by atoms with Gasteiger partial charge in [-0.25, -0.2) is 4.79 Å². The fraction of sp³-hybridized carbons (Fsp3) is 0.350. The van der Waals surface area contributed by atoms with Crippen LogP contribution >= 0.6 is 34.5 Å². The third kappa shape index (κ3) is 10.2. The summed E-state index contributed by atoms with van der Waals surface area (Å²) in [4.78, 5) is 53.7. The number of furan rings is 1. The van der Waals surface area contributed by atoms with Crippen LogP contribution < -0.4 is 16.0 Å². The maximum Gasteiger partial charge on any atom is 0.345 e. The highest BCUT2D eigenvalue weighted by atomic mass is 35.5. The molecule has 0 bridgehead atoms. The van der Waals surface area contributed by atoms with Crippen molar-refractivity contribution in [3.63, 3.8) is 0 Å². The Morgan fingerprint density at radius 3 is 2.31 bits per heavy atom. The van der Waals surface area contributed by atoms with Crippen molar-refractivity contribution in [2.45, 2.75) is 50.1 Å². The number of carboxylic acid groups (broad SMARTS) is 1. The number of benzene rings is 3. The molecule has 5 aromatic rings. The van der Waals surface area contributed by atoms with E-state index in [4.69, 9.17) is 37.5 Å². The van der Waals surface area contributed by atoms with Crippen LogP contribution in [0.1, 0.15) is 57.9 Å². The normalized spacial score (nSPS) is 16.0. The predicted octanol–water partition coefficient (Wildman–Crippen LogP) is 6.95. The number of thiophene rings is 1. The number of morpholine rings is 1. The minimum Gasteiger partial charge on any atom is -0.477 e. The second-order valence-corrected chi connectivity index (χ2v) is 15.4. The summed E-state index contributed by atoms with van der Waals surface area (Å²) in [6.45, 7) is 4.66. The second-order valence-electron chi connectivity index (χ2n) is 13.4. The summed E-state index contributed by atoms with van der Waals surface area (Å²) >= 11 is 13.1. The van der Waals surface area contributed by atoms with Gasteiger partial charge in [0, 0.05) is 46.2 Å². The van der Waals surface area contributed by atoms with E-state index < -0.39 is 23.5 Å². The smallest absolute Gasteiger partial charge is 0.345 e. The number of fused-ring (bicyclic) bond motifs is 2. The van der Waals surface area contributed by atoms with Gasteiger partial charge in [-0.05, 0) is 85.3 Å². The summed E-state index contributed by atoms with van der Waals surface area (Å²) in [7, 11) is 0. The highest BCUT2D eigenvalue weighted by Gasteiger charge is 2.44. The molecule has 14 heteroatoms. The molecule has 1 saturated heterocycles. The van der Waals surface area contributed by atoms with Crippen molar-refractivity contribution in [1.29, 1.82) is 0 Å². The van der Waals surface area contributed by atoms with Crippen LogP contribution in [0, 0.1) is 0 Å². The molecule has 54 heavy (non-hydrogen) atoms. The summed E-state index contributed by atoms with van der Waals surface area (Å²) in [5, 5.41) is 20.5. The fourth-order valence-corrected chi connectivity index (χ4v) is 7.97. The molecule has 284 valence electrons. The predicted molar refractivity (Wildman–Crippen MR) is 211 cm³/mol. The molecular weight excluding hydrogens is 751 g/mol. The van der Waals surface area contributed by atoms with Gasteiger partial charge in [0.1, 0.15) is 22.0 Å². The number of halogens is 2. The van der Waals surface area contributed by atoms with Crippen LogP contribution in [-0.4, -0.2) is 84.7 Å². The molecular formula is C40H42Cl2N4O7S. The Labute approximate surface area is 326 Å². The molecule has 7 rings (SSSR count). The zero-order valence-electron chi connectivity index (χ0n) is 29.6. The number of hydrogen-bond donors (Lipinski definition) is 4. The van der Waals surface area contributed by atoms with Gasteiger partial charge in [-0.2, -0.15) is 0 Å². The molecule has 0 radical (unpaired) electrons. The average molecular weight is 794 g/mol. The quantitative estimate of drug-likeness (QED) is 0.0993. The number of carboxylic acids is 1. The summed E-state index contributed by atoms with van der Waals surface area (Å²) < 4.78 is 12.1. The standard InChI is InChI=1S/C31H37ClN4O5.C9H5ClO2S/c32-24-9-10-26-23(20-24)21-27(41-26)29(38)35-31(11-4-5-12-31)30(39)34-25(19-22-7-2-1-3-8-22)28(37)33-13-6-14-36-15-17-40-18-16-36;10-6-1-2-7-5(3-6)4-8(13-7)9(11)12/h1-3,7-10,20-21,25H,4-6,11-19H2,(H,33,37)(H,34,39)(H,35,38);1-4H,(H,11,12)/t25-;/m1./s1. The third-order valence-corrected chi connectivity index (χ3v) is 11.2. The van der Waals surface area contributed by atoms with Crippen LogP contribution in [0.5, 0.6) is 0 Å². The van der Waals surface area contributed by atoms with Crippen molar-refractivity contribution in [2.24, 2.45) is 0 Å².